The fourth-order valence-corrected chi connectivity index (χ4v) is 7.47. The van der Waals surface area contributed by atoms with Crippen LogP contribution in [0, 0.1) is 0 Å². The maximum atomic E-state index is 6.47. The van der Waals surface area contributed by atoms with Gasteiger partial charge in [0.25, 0.3) is 0 Å². The van der Waals surface area contributed by atoms with Crippen molar-refractivity contribution in [2.24, 2.45) is 0 Å². The second-order valence-corrected chi connectivity index (χ2v) is 13.2. The largest absolute Gasteiger partial charge is 0.456 e. The van der Waals surface area contributed by atoms with Crippen molar-refractivity contribution < 1.29 is 4.42 Å². The van der Waals surface area contributed by atoms with Crippen molar-refractivity contribution in [1.29, 1.82) is 0 Å². The van der Waals surface area contributed by atoms with E-state index in [1.54, 1.807) is 0 Å². The minimum atomic E-state index is 0.585. The molecule has 0 bridgehead atoms. The lowest BCUT2D eigenvalue weighted by molar-refractivity contribution is 0.669. The predicted molar refractivity (Wildman–Crippen MR) is 217 cm³/mol. The average molecular weight is 678 g/mol. The fraction of sp³-hybridized carbons (Fsp3) is 0. The van der Waals surface area contributed by atoms with Crippen LogP contribution in [0.5, 0.6) is 0 Å². The van der Waals surface area contributed by atoms with Gasteiger partial charge in [-0.3, -0.25) is 0 Å². The van der Waals surface area contributed by atoms with Gasteiger partial charge in [-0.1, -0.05) is 158 Å². The molecule has 10 aromatic rings. The molecule has 0 amide bonds. The summed E-state index contributed by atoms with van der Waals surface area (Å²) < 4.78 is 6.47. The van der Waals surface area contributed by atoms with Gasteiger partial charge in [0.2, 0.25) is 0 Å². The highest BCUT2D eigenvalue weighted by Gasteiger charge is 2.23. The molecule has 4 heteroatoms. The Labute approximate surface area is 306 Å². The fourth-order valence-electron chi connectivity index (χ4n) is 7.47. The summed E-state index contributed by atoms with van der Waals surface area (Å²) in [5, 5.41) is 4.21. The first-order chi connectivity index (χ1) is 26.3. The second-order valence-electron chi connectivity index (χ2n) is 13.2. The van der Waals surface area contributed by atoms with Gasteiger partial charge in [-0.05, 0) is 74.5 Å². The van der Waals surface area contributed by atoms with E-state index in [0.29, 0.717) is 17.5 Å². The third-order valence-electron chi connectivity index (χ3n) is 9.96. The minimum Gasteiger partial charge on any atom is -0.456 e. The average Bonchev–Trinajstić information content (AvgIpc) is 3.62. The van der Waals surface area contributed by atoms with Gasteiger partial charge in [-0.25, -0.2) is 15.0 Å². The number of aromatic nitrogens is 3. The molecule has 8 aromatic carbocycles. The molecule has 0 fully saturated rings. The lowest BCUT2D eigenvalue weighted by Crippen LogP contribution is -2.02. The van der Waals surface area contributed by atoms with Crippen molar-refractivity contribution in [2.45, 2.75) is 0 Å². The predicted octanol–water partition coefficient (Wildman–Crippen LogP) is 12.9. The van der Waals surface area contributed by atoms with Gasteiger partial charge in [0.1, 0.15) is 11.2 Å². The standard InChI is InChI=1S/C49H31N3O/c1-4-15-32(16-5-1)35-21-14-22-36(31-35)38-29-30-44-45(42-25-12-13-26-43(42)53-44)46(38)49-51-47(34-19-8-3-9-20-34)50-48(52-49)41-28-27-37(33-17-6-2-7-18-33)39-23-10-11-24-40(39)41/h1-31H. The highest BCUT2D eigenvalue weighted by Crippen LogP contribution is 2.43. The number of rotatable bonds is 6. The summed E-state index contributed by atoms with van der Waals surface area (Å²) in [6, 6.07) is 65.1. The van der Waals surface area contributed by atoms with E-state index in [-0.39, 0.29) is 0 Å². The first kappa shape index (κ1) is 30.6. The lowest BCUT2D eigenvalue weighted by Gasteiger charge is -2.15. The molecule has 0 radical (unpaired) electrons. The Kier molecular flexibility index (Phi) is 7.43. The molecule has 0 unspecified atom stereocenters. The zero-order valence-electron chi connectivity index (χ0n) is 28.6. The highest BCUT2D eigenvalue weighted by molar-refractivity contribution is 6.15. The van der Waals surface area contributed by atoms with Gasteiger partial charge in [0, 0.05) is 27.5 Å². The molecule has 0 saturated heterocycles. The number of hydrogen-bond acceptors (Lipinski definition) is 4. The van der Waals surface area contributed by atoms with E-state index in [0.717, 1.165) is 82.8 Å². The highest BCUT2D eigenvalue weighted by atomic mass is 16.3. The van der Waals surface area contributed by atoms with Crippen LogP contribution in [0.2, 0.25) is 0 Å². The van der Waals surface area contributed by atoms with Gasteiger partial charge in [0.15, 0.2) is 17.5 Å². The van der Waals surface area contributed by atoms with Gasteiger partial charge < -0.3 is 4.42 Å². The van der Waals surface area contributed by atoms with Gasteiger partial charge >= 0.3 is 0 Å². The summed E-state index contributed by atoms with van der Waals surface area (Å²) >= 11 is 0. The summed E-state index contributed by atoms with van der Waals surface area (Å²) in [5.74, 6) is 1.80. The molecule has 53 heavy (non-hydrogen) atoms. The van der Waals surface area contributed by atoms with Crippen molar-refractivity contribution >= 4 is 32.7 Å². The Balaban J connectivity index is 1.27. The van der Waals surface area contributed by atoms with E-state index >= 15 is 0 Å². The first-order valence-electron chi connectivity index (χ1n) is 17.8. The molecule has 0 N–H and O–H groups in total. The van der Waals surface area contributed by atoms with E-state index in [2.05, 4.69) is 146 Å². The number of nitrogens with zero attached hydrogens (tertiary/aromatic N) is 3. The third-order valence-corrected chi connectivity index (χ3v) is 9.96. The van der Waals surface area contributed by atoms with E-state index in [4.69, 9.17) is 19.4 Å². The molecular weight excluding hydrogens is 647 g/mol. The Morgan fingerprint density at radius 1 is 0.302 bits per heavy atom. The van der Waals surface area contributed by atoms with E-state index < -0.39 is 0 Å². The van der Waals surface area contributed by atoms with Crippen LogP contribution in [0.15, 0.2) is 192 Å². The zero-order valence-corrected chi connectivity index (χ0v) is 28.6. The van der Waals surface area contributed by atoms with Crippen LogP contribution < -0.4 is 0 Å². The molecule has 0 aliphatic heterocycles. The third kappa shape index (κ3) is 5.45. The maximum absolute atomic E-state index is 6.47. The van der Waals surface area contributed by atoms with Crippen LogP contribution >= 0.6 is 0 Å². The minimum absolute atomic E-state index is 0.585. The van der Waals surface area contributed by atoms with Crippen LogP contribution in [-0.4, -0.2) is 15.0 Å². The molecular formula is C49H31N3O. The molecule has 0 aliphatic carbocycles. The molecule has 4 nitrogen and oxygen atoms in total. The van der Waals surface area contributed by atoms with Crippen molar-refractivity contribution in [2.75, 3.05) is 0 Å². The van der Waals surface area contributed by atoms with E-state index in [1.165, 1.54) is 0 Å². The topological polar surface area (TPSA) is 51.8 Å². The Hall–Kier alpha value is -7.17. The Bertz CT molecular complexity index is 2940. The van der Waals surface area contributed by atoms with Crippen molar-refractivity contribution in [3.8, 4) is 67.5 Å². The number of furan rings is 1. The van der Waals surface area contributed by atoms with E-state index in [1.807, 2.05) is 42.5 Å². The van der Waals surface area contributed by atoms with Gasteiger partial charge in [-0.2, -0.15) is 0 Å². The van der Waals surface area contributed by atoms with Crippen molar-refractivity contribution in [3.05, 3.63) is 188 Å². The smallest absolute Gasteiger partial charge is 0.165 e. The molecule has 0 atom stereocenters. The van der Waals surface area contributed by atoms with Gasteiger partial charge in [0.05, 0.1) is 0 Å². The first-order valence-corrected chi connectivity index (χ1v) is 17.8. The monoisotopic (exact) mass is 677 g/mol. The maximum Gasteiger partial charge on any atom is 0.165 e. The van der Waals surface area contributed by atoms with E-state index in [9.17, 15) is 0 Å². The molecule has 10 rings (SSSR count). The van der Waals surface area contributed by atoms with Crippen LogP contribution in [0.1, 0.15) is 0 Å². The number of para-hydroxylation sites is 1. The van der Waals surface area contributed by atoms with Crippen LogP contribution in [0.25, 0.3) is 100 Å². The normalized spacial score (nSPS) is 11.4. The summed E-state index contributed by atoms with van der Waals surface area (Å²) in [4.78, 5) is 15.9. The Morgan fingerprint density at radius 3 is 1.58 bits per heavy atom. The SMILES string of the molecule is c1ccc(-c2cccc(-c3ccc4oc5ccccc5c4c3-c3nc(-c4ccccc4)nc(-c4ccc(-c5ccccc5)c5ccccc45)n3)c2)cc1. The molecule has 0 aliphatic rings. The molecule has 2 aromatic heterocycles. The molecule has 248 valence electrons. The van der Waals surface area contributed by atoms with Gasteiger partial charge in [-0.15, -0.1) is 0 Å². The van der Waals surface area contributed by atoms with Crippen LogP contribution in [-0.2, 0) is 0 Å². The number of fused-ring (bicyclic) bond motifs is 4. The number of benzene rings is 8. The molecule has 2 heterocycles. The van der Waals surface area contributed by atoms with Crippen LogP contribution in [0.3, 0.4) is 0 Å². The molecule has 0 saturated carbocycles. The quantitative estimate of drug-likeness (QED) is 0.176. The summed E-state index contributed by atoms with van der Waals surface area (Å²) in [6.45, 7) is 0. The summed E-state index contributed by atoms with van der Waals surface area (Å²) in [5.41, 5.74) is 11.1. The van der Waals surface area contributed by atoms with Crippen molar-refractivity contribution in [3.63, 3.8) is 0 Å². The van der Waals surface area contributed by atoms with Crippen LogP contribution in [0.4, 0.5) is 0 Å². The Morgan fingerprint density at radius 2 is 0.830 bits per heavy atom. The summed E-state index contributed by atoms with van der Waals surface area (Å²) in [6.07, 6.45) is 0. The second kappa shape index (κ2) is 12.9. The summed E-state index contributed by atoms with van der Waals surface area (Å²) in [7, 11) is 0. The number of hydrogen-bond donors (Lipinski definition) is 0. The lowest BCUT2D eigenvalue weighted by atomic mass is 9.92. The van der Waals surface area contributed by atoms with Crippen molar-refractivity contribution in [1.82, 2.24) is 15.0 Å². The molecule has 0 spiro atoms. The zero-order chi connectivity index (χ0) is 35.1.